The smallest absolute Gasteiger partial charge is 0.270 e. The summed E-state index contributed by atoms with van der Waals surface area (Å²) in [6.45, 7) is 5.77. The number of anilines is 1. The van der Waals surface area contributed by atoms with E-state index in [1.165, 1.54) is 5.01 Å². The van der Waals surface area contributed by atoms with Gasteiger partial charge in [0.1, 0.15) is 5.71 Å². The fourth-order valence-electron chi connectivity index (χ4n) is 3.06. The van der Waals surface area contributed by atoms with E-state index in [1.54, 1.807) is 0 Å². The van der Waals surface area contributed by atoms with Crippen molar-refractivity contribution < 1.29 is 9.59 Å². The van der Waals surface area contributed by atoms with Gasteiger partial charge in [-0.25, -0.2) is 5.01 Å². The molecular formula is C18H23N3O2. The first kappa shape index (κ1) is 15.7. The maximum Gasteiger partial charge on any atom is 0.270 e. The van der Waals surface area contributed by atoms with Crippen LogP contribution in [0.1, 0.15) is 38.2 Å². The molecule has 0 atom stereocenters. The van der Waals surface area contributed by atoms with Crippen LogP contribution in [-0.2, 0) is 9.59 Å². The third-order valence-corrected chi connectivity index (χ3v) is 4.60. The van der Waals surface area contributed by atoms with Gasteiger partial charge in [-0.05, 0) is 43.4 Å². The number of nitrogens with zero attached hydrogens (tertiary/aromatic N) is 3. The van der Waals surface area contributed by atoms with E-state index >= 15 is 0 Å². The summed E-state index contributed by atoms with van der Waals surface area (Å²) >= 11 is 0. The van der Waals surface area contributed by atoms with Crippen LogP contribution in [0.2, 0.25) is 0 Å². The predicted molar refractivity (Wildman–Crippen MR) is 90.3 cm³/mol. The number of carbonyl (C=O) groups excluding carboxylic acids is 2. The van der Waals surface area contributed by atoms with E-state index in [-0.39, 0.29) is 11.8 Å². The number of amides is 2. The number of hydrogen-bond donors (Lipinski definition) is 0. The van der Waals surface area contributed by atoms with Crippen LogP contribution in [0.15, 0.2) is 29.4 Å². The molecule has 2 amide bonds. The van der Waals surface area contributed by atoms with Gasteiger partial charge in [-0.2, -0.15) is 5.10 Å². The molecule has 0 aromatic heterocycles. The number of hydrazone groups is 1. The molecule has 1 aromatic carbocycles. The van der Waals surface area contributed by atoms with Crippen LogP contribution in [-0.4, -0.2) is 35.5 Å². The number of piperidine rings is 1. The van der Waals surface area contributed by atoms with Crippen LogP contribution in [0.5, 0.6) is 0 Å². The van der Waals surface area contributed by atoms with E-state index in [4.69, 9.17) is 0 Å². The van der Waals surface area contributed by atoms with Crippen LogP contribution in [0, 0.1) is 12.8 Å². The van der Waals surface area contributed by atoms with E-state index < -0.39 is 0 Å². The zero-order valence-corrected chi connectivity index (χ0v) is 13.8. The summed E-state index contributed by atoms with van der Waals surface area (Å²) in [5.41, 5.74) is 2.29. The lowest BCUT2D eigenvalue weighted by Crippen LogP contribution is -2.44. The molecule has 2 aliphatic heterocycles. The molecular weight excluding hydrogens is 290 g/mol. The minimum absolute atomic E-state index is 0.0120. The van der Waals surface area contributed by atoms with Gasteiger partial charge in [0.05, 0.1) is 5.69 Å². The molecule has 1 fully saturated rings. The summed E-state index contributed by atoms with van der Waals surface area (Å²) in [6.07, 6.45) is 2.86. The molecule has 0 aliphatic carbocycles. The van der Waals surface area contributed by atoms with E-state index in [0.717, 1.165) is 37.2 Å². The van der Waals surface area contributed by atoms with Gasteiger partial charge in [0, 0.05) is 25.9 Å². The van der Waals surface area contributed by atoms with Crippen molar-refractivity contribution in [2.24, 2.45) is 11.0 Å². The van der Waals surface area contributed by atoms with Crippen molar-refractivity contribution >= 4 is 23.2 Å². The minimum Gasteiger partial charge on any atom is -0.338 e. The predicted octanol–water partition coefficient (Wildman–Crippen LogP) is 2.74. The molecule has 1 saturated heterocycles. The molecule has 23 heavy (non-hydrogen) atoms. The number of carbonyl (C=O) groups is 2. The van der Waals surface area contributed by atoms with Crippen molar-refractivity contribution in [3.8, 4) is 0 Å². The highest BCUT2D eigenvalue weighted by Crippen LogP contribution is 2.23. The average molecular weight is 313 g/mol. The first-order valence-corrected chi connectivity index (χ1v) is 8.31. The Labute approximate surface area is 137 Å². The Morgan fingerprint density at radius 2 is 1.96 bits per heavy atom. The van der Waals surface area contributed by atoms with E-state index in [9.17, 15) is 9.59 Å². The zero-order valence-electron chi connectivity index (χ0n) is 13.8. The number of likely N-dealkylation sites (tertiary alicyclic amines) is 1. The van der Waals surface area contributed by atoms with Gasteiger partial charge in [-0.1, -0.05) is 19.1 Å². The highest BCUT2D eigenvalue weighted by atomic mass is 16.2. The standard InChI is InChI=1S/C18H23N3O2/c1-13-8-10-20(11-9-13)18(23)16-6-7-17(22)21(19-16)15-5-3-4-14(2)12-15/h3-5,12-13H,6-11H2,1-2H3. The number of benzene rings is 1. The largest absolute Gasteiger partial charge is 0.338 e. The molecule has 0 radical (unpaired) electrons. The third kappa shape index (κ3) is 3.44. The van der Waals surface area contributed by atoms with Gasteiger partial charge in [0.25, 0.3) is 5.91 Å². The third-order valence-electron chi connectivity index (χ3n) is 4.60. The van der Waals surface area contributed by atoms with Crippen LogP contribution in [0.3, 0.4) is 0 Å². The number of hydrogen-bond acceptors (Lipinski definition) is 3. The topological polar surface area (TPSA) is 53.0 Å². The van der Waals surface area contributed by atoms with Crippen molar-refractivity contribution in [3.63, 3.8) is 0 Å². The lowest BCUT2D eigenvalue weighted by Gasteiger charge is -2.32. The first-order chi connectivity index (χ1) is 11.0. The molecule has 0 bridgehead atoms. The Hall–Kier alpha value is -2.17. The molecule has 0 saturated carbocycles. The highest BCUT2D eigenvalue weighted by molar-refractivity contribution is 6.40. The average Bonchev–Trinajstić information content (AvgIpc) is 2.55. The van der Waals surface area contributed by atoms with Gasteiger partial charge >= 0.3 is 0 Å². The number of aryl methyl sites for hydroxylation is 1. The van der Waals surface area contributed by atoms with Gasteiger partial charge in [0.2, 0.25) is 5.91 Å². The van der Waals surface area contributed by atoms with Crippen LogP contribution >= 0.6 is 0 Å². The summed E-state index contributed by atoms with van der Waals surface area (Å²) < 4.78 is 0. The molecule has 5 heteroatoms. The van der Waals surface area contributed by atoms with Crippen LogP contribution < -0.4 is 5.01 Å². The summed E-state index contributed by atoms with van der Waals surface area (Å²) in [5.74, 6) is 0.610. The normalized spacial score (nSPS) is 19.7. The van der Waals surface area contributed by atoms with Gasteiger partial charge < -0.3 is 4.90 Å². The SMILES string of the molecule is Cc1cccc(N2N=C(C(=O)N3CCC(C)CC3)CCC2=O)c1. The Balaban J connectivity index is 1.81. The Morgan fingerprint density at radius 3 is 2.65 bits per heavy atom. The Bertz CT molecular complexity index is 645. The van der Waals surface area contributed by atoms with Crippen molar-refractivity contribution in [1.82, 2.24) is 4.90 Å². The summed E-state index contributed by atoms with van der Waals surface area (Å²) in [7, 11) is 0. The van der Waals surface area contributed by atoms with E-state index in [2.05, 4.69) is 12.0 Å². The quantitative estimate of drug-likeness (QED) is 0.843. The Morgan fingerprint density at radius 1 is 1.22 bits per heavy atom. The summed E-state index contributed by atoms with van der Waals surface area (Å²) in [6, 6.07) is 7.64. The summed E-state index contributed by atoms with van der Waals surface area (Å²) in [5, 5.41) is 5.76. The molecule has 0 unspecified atom stereocenters. The molecule has 0 spiro atoms. The molecule has 1 aromatic rings. The van der Waals surface area contributed by atoms with Crippen molar-refractivity contribution in [3.05, 3.63) is 29.8 Å². The molecule has 5 nitrogen and oxygen atoms in total. The first-order valence-electron chi connectivity index (χ1n) is 8.31. The second-order valence-electron chi connectivity index (χ2n) is 6.57. The van der Waals surface area contributed by atoms with Crippen LogP contribution in [0.25, 0.3) is 0 Å². The minimum atomic E-state index is -0.0561. The Kier molecular flexibility index (Phi) is 4.46. The fraction of sp³-hybridized carbons (Fsp3) is 0.500. The summed E-state index contributed by atoms with van der Waals surface area (Å²) in [4.78, 5) is 26.7. The van der Waals surface area contributed by atoms with Gasteiger partial charge in [0.15, 0.2) is 0 Å². The second kappa shape index (κ2) is 6.52. The molecule has 2 aliphatic rings. The van der Waals surface area contributed by atoms with Crippen molar-refractivity contribution in [1.29, 1.82) is 0 Å². The maximum absolute atomic E-state index is 12.7. The van der Waals surface area contributed by atoms with E-state index in [0.29, 0.717) is 24.5 Å². The van der Waals surface area contributed by atoms with Crippen molar-refractivity contribution in [2.45, 2.75) is 39.5 Å². The van der Waals surface area contributed by atoms with Crippen LogP contribution in [0.4, 0.5) is 5.69 Å². The lowest BCUT2D eigenvalue weighted by atomic mass is 9.98. The second-order valence-corrected chi connectivity index (χ2v) is 6.57. The molecule has 3 rings (SSSR count). The molecule has 2 heterocycles. The maximum atomic E-state index is 12.7. The lowest BCUT2D eigenvalue weighted by molar-refractivity contribution is -0.125. The van der Waals surface area contributed by atoms with Gasteiger partial charge in [-0.3, -0.25) is 9.59 Å². The fourth-order valence-corrected chi connectivity index (χ4v) is 3.06. The molecule has 122 valence electrons. The van der Waals surface area contributed by atoms with E-state index in [1.807, 2.05) is 36.1 Å². The monoisotopic (exact) mass is 313 g/mol. The van der Waals surface area contributed by atoms with Crippen molar-refractivity contribution in [2.75, 3.05) is 18.1 Å². The highest BCUT2D eigenvalue weighted by Gasteiger charge is 2.29. The van der Waals surface area contributed by atoms with Gasteiger partial charge in [-0.15, -0.1) is 0 Å². The zero-order chi connectivity index (χ0) is 16.4. The molecule has 0 N–H and O–H groups in total. The number of rotatable bonds is 2.